The van der Waals surface area contributed by atoms with Crippen LogP contribution in [0.15, 0.2) is 12.1 Å². The van der Waals surface area contributed by atoms with Crippen LogP contribution in [0.2, 0.25) is 0 Å². The second kappa shape index (κ2) is 10.5. The molecule has 9 heteroatoms. The second-order valence-corrected chi connectivity index (χ2v) is 7.15. The van der Waals surface area contributed by atoms with E-state index in [1.807, 2.05) is 12.1 Å². The van der Waals surface area contributed by atoms with Gasteiger partial charge in [-0.15, -0.1) is 11.3 Å². The van der Waals surface area contributed by atoms with Gasteiger partial charge in [0.25, 0.3) is 0 Å². The lowest BCUT2D eigenvalue weighted by molar-refractivity contribution is -0.116. The average Bonchev–Trinajstić information content (AvgIpc) is 3.06. The van der Waals surface area contributed by atoms with Crippen molar-refractivity contribution in [3.8, 4) is 23.3 Å². The third-order valence-corrected chi connectivity index (χ3v) is 5.57. The summed E-state index contributed by atoms with van der Waals surface area (Å²) in [6.45, 7) is 3.59. The predicted molar refractivity (Wildman–Crippen MR) is 113 cm³/mol. The number of ether oxygens (including phenoxy) is 4. The molecule has 0 aliphatic rings. The van der Waals surface area contributed by atoms with E-state index < -0.39 is 5.97 Å². The van der Waals surface area contributed by atoms with E-state index in [-0.39, 0.29) is 24.5 Å². The number of amides is 1. The van der Waals surface area contributed by atoms with Crippen molar-refractivity contribution in [1.82, 2.24) is 0 Å². The third kappa shape index (κ3) is 4.83. The first kappa shape index (κ1) is 23.0. The Morgan fingerprint density at radius 3 is 2.40 bits per heavy atom. The molecule has 160 valence electrons. The zero-order chi connectivity index (χ0) is 22.3. The zero-order valence-corrected chi connectivity index (χ0v) is 18.4. The summed E-state index contributed by atoms with van der Waals surface area (Å²) < 4.78 is 21.1. The molecule has 0 spiro atoms. The lowest BCUT2D eigenvalue weighted by Gasteiger charge is -2.15. The van der Waals surface area contributed by atoms with Gasteiger partial charge in [0, 0.05) is 6.42 Å². The van der Waals surface area contributed by atoms with Crippen molar-refractivity contribution in [2.24, 2.45) is 0 Å². The minimum atomic E-state index is -0.507. The van der Waals surface area contributed by atoms with Crippen molar-refractivity contribution in [2.45, 2.75) is 26.7 Å². The number of anilines is 1. The number of aryl methyl sites for hydroxylation is 1. The molecular weight excluding hydrogens is 408 g/mol. The number of nitrogens with zero attached hydrogens (tertiary/aromatic N) is 1. The fourth-order valence-corrected chi connectivity index (χ4v) is 3.99. The number of carbonyl (C=O) groups is 2. The predicted octanol–water partition coefficient (Wildman–Crippen LogP) is 3.70. The second-order valence-electron chi connectivity index (χ2n) is 6.13. The highest BCUT2D eigenvalue weighted by molar-refractivity contribution is 7.18. The van der Waals surface area contributed by atoms with Gasteiger partial charge in [0.15, 0.2) is 11.5 Å². The number of esters is 1. The minimum Gasteiger partial charge on any atom is -0.493 e. The lowest BCUT2D eigenvalue weighted by Crippen LogP contribution is -2.12. The van der Waals surface area contributed by atoms with Crippen molar-refractivity contribution in [3.63, 3.8) is 0 Å². The topological polar surface area (TPSA) is 107 Å². The van der Waals surface area contributed by atoms with Gasteiger partial charge in [0.05, 0.1) is 33.5 Å². The monoisotopic (exact) mass is 432 g/mol. The summed E-state index contributed by atoms with van der Waals surface area (Å²) in [6, 6.07) is 5.60. The van der Waals surface area contributed by atoms with Gasteiger partial charge in [-0.05, 0) is 37.5 Å². The highest BCUT2D eigenvalue weighted by atomic mass is 32.1. The van der Waals surface area contributed by atoms with E-state index in [1.165, 1.54) is 21.3 Å². The molecule has 0 aliphatic carbocycles. The quantitative estimate of drug-likeness (QED) is 0.602. The van der Waals surface area contributed by atoms with Crippen LogP contribution in [0, 0.1) is 18.3 Å². The Bertz CT molecular complexity index is 977. The number of hydrogen-bond acceptors (Lipinski definition) is 8. The van der Waals surface area contributed by atoms with Gasteiger partial charge in [-0.1, -0.05) is 6.07 Å². The van der Waals surface area contributed by atoms with E-state index in [1.54, 1.807) is 19.9 Å². The van der Waals surface area contributed by atoms with Crippen LogP contribution < -0.4 is 19.5 Å². The minimum absolute atomic E-state index is 0.141. The molecule has 0 bridgehead atoms. The molecule has 8 nitrogen and oxygen atoms in total. The summed E-state index contributed by atoms with van der Waals surface area (Å²) in [5, 5.41) is 12.5. The van der Waals surface area contributed by atoms with E-state index in [0.717, 1.165) is 16.9 Å². The van der Waals surface area contributed by atoms with E-state index in [0.29, 0.717) is 39.1 Å². The normalized spacial score (nSPS) is 10.1. The van der Waals surface area contributed by atoms with Gasteiger partial charge < -0.3 is 24.3 Å². The van der Waals surface area contributed by atoms with Gasteiger partial charge in [-0.3, -0.25) is 4.79 Å². The maximum absolute atomic E-state index is 12.5. The fourth-order valence-electron chi connectivity index (χ4n) is 2.92. The van der Waals surface area contributed by atoms with Crippen LogP contribution in [0.25, 0.3) is 0 Å². The molecule has 2 aromatic rings. The summed E-state index contributed by atoms with van der Waals surface area (Å²) >= 11 is 1.04. The molecule has 1 N–H and O–H groups in total. The van der Waals surface area contributed by atoms with Gasteiger partial charge in [-0.25, -0.2) is 4.79 Å². The molecule has 30 heavy (non-hydrogen) atoms. The van der Waals surface area contributed by atoms with Crippen molar-refractivity contribution in [1.29, 1.82) is 5.26 Å². The van der Waals surface area contributed by atoms with Crippen LogP contribution in [0.5, 0.6) is 17.2 Å². The van der Waals surface area contributed by atoms with Crippen molar-refractivity contribution < 1.29 is 28.5 Å². The van der Waals surface area contributed by atoms with E-state index in [2.05, 4.69) is 5.32 Å². The highest BCUT2D eigenvalue weighted by Gasteiger charge is 2.22. The lowest BCUT2D eigenvalue weighted by atomic mass is 10.1. The SMILES string of the molecule is CCOC(=O)c1sc(NC(=O)CCc2ccc(OC)c(OC)c2OC)c(C#N)c1C. The molecule has 0 radical (unpaired) electrons. The summed E-state index contributed by atoms with van der Waals surface area (Å²) in [4.78, 5) is 24.9. The van der Waals surface area contributed by atoms with E-state index in [4.69, 9.17) is 18.9 Å². The molecule has 1 aromatic carbocycles. The Kier molecular flexibility index (Phi) is 8.07. The Morgan fingerprint density at radius 1 is 1.13 bits per heavy atom. The molecule has 0 saturated carbocycles. The first-order chi connectivity index (χ1) is 14.4. The molecule has 0 fully saturated rings. The van der Waals surface area contributed by atoms with Crippen LogP contribution in [-0.4, -0.2) is 39.8 Å². The summed E-state index contributed by atoms with van der Waals surface area (Å²) in [6.07, 6.45) is 0.523. The fraction of sp³-hybridized carbons (Fsp3) is 0.381. The number of methoxy groups -OCH3 is 3. The summed E-state index contributed by atoms with van der Waals surface area (Å²) in [7, 11) is 4.57. The number of hydrogen-bond donors (Lipinski definition) is 1. The molecule has 0 aliphatic heterocycles. The standard InChI is InChI=1S/C21H24N2O6S/c1-6-29-21(25)19-12(2)14(11-22)20(30-19)23-16(24)10-8-13-7-9-15(26-3)18(28-5)17(13)27-4/h7,9H,6,8,10H2,1-5H3,(H,23,24). The van der Waals surface area contributed by atoms with Crippen LogP contribution in [0.4, 0.5) is 5.00 Å². The number of nitriles is 1. The van der Waals surface area contributed by atoms with Crippen molar-refractivity contribution in [3.05, 3.63) is 33.7 Å². The molecular formula is C21H24N2O6S. The molecule has 0 saturated heterocycles. The van der Waals surface area contributed by atoms with Gasteiger partial charge in [0.1, 0.15) is 15.9 Å². The molecule has 1 aromatic heterocycles. The molecule has 0 atom stereocenters. The Hall–Kier alpha value is -3.25. The number of carbonyl (C=O) groups excluding carboxylic acids is 2. The maximum Gasteiger partial charge on any atom is 0.348 e. The smallest absolute Gasteiger partial charge is 0.348 e. The average molecular weight is 432 g/mol. The molecule has 1 heterocycles. The maximum atomic E-state index is 12.5. The van der Waals surface area contributed by atoms with Crippen LogP contribution >= 0.6 is 11.3 Å². The molecule has 0 unspecified atom stereocenters. The number of nitrogens with one attached hydrogen (secondary N) is 1. The summed E-state index contributed by atoms with van der Waals surface area (Å²) in [5.74, 6) is 0.686. The van der Waals surface area contributed by atoms with Crippen molar-refractivity contribution in [2.75, 3.05) is 33.3 Å². The Labute approximate surface area is 179 Å². The van der Waals surface area contributed by atoms with Gasteiger partial charge >= 0.3 is 5.97 Å². The number of thiophene rings is 1. The highest BCUT2D eigenvalue weighted by Crippen LogP contribution is 2.40. The largest absolute Gasteiger partial charge is 0.493 e. The van der Waals surface area contributed by atoms with Crippen LogP contribution in [0.1, 0.15) is 39.7 Å². The van der Waals surface area contributed by atoms with Crippen LogP contribution in [-0.2, 0) is 16.0 Å². The van der Waals surface area contributed by atoms with Crippen molar-refractivity contribution >= 4 is 28.2 Å². The van der Waals surface area contributed by atoms with E-state index >= 15 is 0 Å². The first-order valence-corrected chi connectivity index (χ1v) is 10.0. The Balaban J connectivity index is 2.17. The number of rotatable bonds is 9. The van der Waals surface area contributed by atoms with Gasteiger partial charge in [0.2, 0.25) is 11.7 Å². The zero-order valence-electron chi connectivity index (χ0n) is 17.6. The van der Waals surface area contributed by atoms with Crippen LogP contribution in [0.3, 0.4) is 0 Å². The third-order valence-electron chi connectivity index (χ3n) is 4.38. The number of benzene rings is 1. The Morgan fingerprint density at radius 2 is 1.83 bits per heavy atom. The molecule has 1 amide bonds. The first-order valence-electron chi connectivity index (χ1n) is 9.19. The summed E-state index contributed by atoms with van der Waals surface area (Å²) in [5.41, 5.74) is 1.54. The van der Waals surface area contributed by atoms with Gasteiger partial charge in [-0.2, -0.15) is 5.26 Å². The molecule has 2 rings (SSSR count). The van der Waals surface area contributed by atoms with E-state index in [9.17, 15) is 14.9 Å².